The van der Waals surface area contributed by atoms with Crippen LogP contribution < -0.4 is 4.74 Å². The van der Waals surface area contributed by atoms with E-state index in [0.717, 1.165) is 17.7 Å². The molecular weight excluding hydrogens is 268 g/mol. The molecule has 1 atom stereocenters. The maximum atomic E-state index is 12.4. The number of methoxy groups -OCH3 is 1. The second kappa shape index (κ2) is 7.31. The molecule has 116 valence electrons. The Morgan fingerprint density at radius 2 is 2.05 bits per heavy atom. The van der Waals surface area contributed by atoms with Gasteiger partial charge in [0.05, 0.1) is 20.3 Å². The zero-order chi connectivity index (χ0) is 15.2. The van der Waals surface area contributed by atoms with Crippen LogP contribution >= 0.6 is 0 Å². The van der Waals surface area contributed by atoms with E-state index >= 15 is 0 Å². The number of carbonyl (C=O) groups excluding carboxylic acids is 1. The van der Waals surface area contributed by atoms with Crippen LogP contribution in [0.2, 0.25) is 0 Å². The average molecular weight is 292 g/mol. The van der Waals surface area contributed by atoms with Crippen LogP contribution in [0.25, 0.3) is 0 Å². The molecule has 0 saturated carbocycles. The van der Waals surface area contributed by atoms with Gasteiger partial charge in [0.15, 0.2) is 0 Å². The van der Waals surface area contributed by atoms with Crippen LogP contribution in [0, 0.1) is 0 Å². The lowest BCUT2D eigenvalue weighted by atomic mass is 10.1. The van der Waals surface area contributed by atoms with E-state index in [2.05, 4.69) is 6.92 Å². The summed E-state index contributed by atoms with van der Waals surface area (Å²) in [5.41, 5.74) is 1.12. The zero-order valence-electron chi connectivity index (χ0n) is 13.0. The van der Waals surface area contributed by atoms with Gasteiger partial charge in [-0.05, 0) is 25.0 Å². The predicted octanol–water partition coefficient (Wildman–Crippen LogP) is 2.01. The first-order valence-electron chi connectivity index (χ1n) is 7.35. The zero-order valence-corrected chi connectivity index (χ0v) is 13.0. The summed E-state index contributed by atoms with van der Waals surface area (Å²) in [4.78, 5) is 16.1. The van der Waals surface area contributed by atoms with Gasteiger partial charge in [-0.1, -0.05) is 18.2 Å². The van der Waals surface area contributed by atoms with Gasteiger partial charge in [-0.2, -0.15) is 0 Å². The minimum Gasteiger partial charge on any atom is -0.496 e. The molecule has 2 amide bonds. The molecule has 0 spiro atoms. The van der Waals surface area contributed by atoms with Gasteiger partial charge in [-0.15, -0.1) is 0 Å². The van der Waals surface area contributed by atoms with Gasteiger partial charge in [-0.25, -0.2) is 4.79 Å². The molecule has 5 heteroatoms. The fraction of sp³-hybridized carbons (Fsp3) is 0.562. The highest BCUT2D eigenvalue weighted by molar-refractivity contribution is 5.74. The van der Waals surface area contributed by atoms with E-state index in [0.29, 0.717) is 26.3 Å². The summed E-state index contributed by atoms with van der Waals surface area (Å²) in [6.07, 6.45) is 0.774. The fourth-order valence-electron chi connectivity index (χ4n) is 2.49. The van der Waals surface area contributed by atoms with Crippen molar-refractivity contribution in [1.82, 2.24) is 9.80 Å². The van der Waals surface area contributed by atoms with Crippen molar-refractivity contribution in [1.29, 1.82) is 0 Å². The van der Waals surface area contributed by atoms with Crippen LogP contribution in [-0.2, 0) is 11.2 Å². The number of benzene rings is 1. The number of para-hydroxylation sites is 1. The van der Waals surface area contributed by atoms with Crippen LogP contribution in [0.1, 0.15) is 12.5 Å². The van der Waals surface area contributed by atoms with E-state index in [9.17, 15) is 4.79 Å². The summed E-state index contributed by atoms with van der Waals surface area (Å²) in [6, 6.07) is 8.12. The summed E-state index contributed by atoms with van der Waals surface area (Å²) in [7, 11) is 3.53. The molecule has 0 aromatic heterocycles. The average Bonchev–Trinajstić information content (AvgIpc) is 2.54. The molecule has 0 aliphatic carbocycles. The number of nitrogens with zero attached hydrogens (tertiary/aromatic N) is 2. The van der Waals surface area contributed by atoms with Gasteiger partial charge in [0.25, 0.3) is 0 Å². The highest BCUT2D eigenvalue weighted by Gasteiger charge is 2.24. The topological polar surface area (TPSA) is 42.0 Å². The molecule has 1 aromatic carbocycles. The highest BCUT2D eigenvalue weighted by atomic mass is 16.5. The number of amides is 2. The molecule has 0 bridgehead atoms. The van der Waals surface area contributed by atoms with Gasteiger partial charge in [0, 0.05) is 26.2 Å². The smallest absolute Gasteiger partial charge is 0.320 e. The molecule has 1 aromatic rings. The Labute approximate surface area is 126 Å². The van der Waals surface area contributed by atoms with Gasteiger partial charge < -0.3 is 19.3 Å². The number of carbonyl (C=O) groups is 1. The molecule has 0 radical (unpaired) electrons. The van der Waals surface area contributed by atoms with E-state index < -0.39 is 0 Å². The van der Waals surface area contributed by atoms with Crippen molar-refractivity contribution >= 4 is 6.03 Å². The molecule has 1 heterocycles. The lowest BCUT2D eigenvalue weighted by molar-refractivity contribution is 0.0426. The Bertz CT molecular complexity index is 472. The maximum Gasteiger partial charge on any atom is 0.320 e. The van der Waals surface area contributed by atoms with Crippen molar-refractivity contribution in [3.8, 4) is 5.75 Å². The van der Waals surface area contributed by atoms with Gasteiger partial charge in [-0.3, -0.25) is 0 Å². The molecular formula is C16H24N2O3. The number of morpholine rings is 1. The van der Waals surface area contributed by atoms with Crippen molar-refractivity contribution < 1.29 is 14.3 Å². The number of hydrogen-bond donors (Lipinski definition) is 0. The largest absolute Gasteiger partial charge is 0.496 e. The minimum atomic E-state index is 0.0701. The first-order chi connectivity index (χ1) is 10.1. The van der Waals surface area contributed by atoms with Crippen molar-refractivity contribution in [3.63, 3.8) is 0 Å². The van der Waals surface area contributed by atoms with Crippen LogP contribution in [0.15, 0.2) is 24.3 Å². The van der Waals surface area contributed by atoms with Gasteiger partial charge >= 0.3 is 6.03 Å². The van der Waals surface area contributed by atoms with E-state index in [1.54, 1.807) is 12.0 Å². The third-order valence-corrected chi connectivity index (χ3v) is 3.95. The molecule has 5 nitrogen and oxygen atoms in total. The van der Waals surface area contributed by atoms with Crippen LogP contribution in [-0.4, -0.2) is 62.3 Å². The van der Waals surface area contributed by atoms with Crippen LogP contribution in [0.4, 0.5) is 4.79 Å². The van der Waals surface area contributed by atoms with Crippen molar-refractivity contribution in [2.24, 2.45) is 0 Å². The number of ether oxygens (including phenoxy) is 2. The summed E-state index contributed by atoms with van der Waals surface area (Å²) in [5, 5.41) is 0. The maximum absolute atomic E-state index is 12.4. The quantitative estimate of drug-likeness (QED) is 0.852. The molecule has 21 heavy (non-hydrogen) atoms. The summed E-state index contributed by atoms with van der Waals surface area (Å²) >= 11 is 0. The molecule has 0 N–H and O–H groups in total. The number of likely N-dealkylation sites (N-methyl/N-ethyl adjacent to an activating group) is 1. The van der Waals surface area contributed by atoms with E-state index in [1.807, 2.05) is 36.2 Å². The lowest BCUT2D eigenvalue weighted by Crippen LogP contribution is -2.49. The third-order valence-electron chi connectivity index (χ3n) is 3.95. The normalized spacial score (nSPS) is 16.4. The van der Waals surface area contributed by atoms with Crippen molar-refractivity contribution in [2.45, 2.75) is 19.4 Å². The molecule has 1 aliphatic heterocycles. The predicted molar refractivity (Wildman–Crippen MR) is 81.7 cm³/mol. The monoisotopic (exact) mass is 292 g/mol. The summed E-state index contributed by atoms with van der Waals surface area (Å²) in [6.45, 7) is 4.65. The molecule has 1 aliphatic rings. The van der Waals surface area contributed by atoms with Gasteiger partial charge in [0.2, 0.25) is 0 Å². The summed E-state index contributed by atoms with van der Waals surface area (Å²) < 4.78 is 10.7. The Hall–Kier alpha value is -1.75. The number of rotatable bonds is 4. The van der Waals surface area contributed by atoms with E-state index in [-0.39, 0.29) is 12.1 Å². The molecule has 2 rings (SSSR count). The van der Waals surface area contributed by atoms with Crippen LogP contribution in [0.3, 0.4) is 0 Å². The van der Waals surface area contributed by atoms with E-state index in [1.165, 1.54) is 0 Å². The highest BCUT2D eigenvalue weighted by Crippen LogP contribution is 2.20. The minimum absolute atomic E-state index is 0.0701. The standard InChI is InChI=1S/C16H24N2O3/c1-13(12-14-6-4-5-7-15(14)20-3)17(2)16(19)18-8-10-21-11-9-18/h4-7,13H,8-12H2,1-3H3. The number of hydrogen-bond acceptors (Lipinski definition) is 3. The Morgan fingerprint density at radius 3 is 2.71 bits per heavy atom. The van der Waals surface area contributed by atoms with Gasteiger partial charge in [0.1, 0.15) is 5.75 Å². The second-order valence-corrected chi connectivity index (χ2v) is 5.36. The molecule has 1 saturated heterocycles. The third kappa shape index (κ3) is 3.88. The fourth-order valence-corrected chi connectivity index (χ4v) is 2.49. The second-order valence-electron chi connectivity index (χ2n) is 5.36. The molecule has 1 unspecified atom stereocenters. The van der Waals surface area contributed by atoms with Crippen molar-refractivity contribution in [3.05, 3.63) is 29.8 Å². The first-order valence-corrected chi connectivity index (χ1v) is 7.35. The number of urea groups is 1. The Morgan fingerprint density at radius 1 is 1.38 bits per heavy atom. The Balaban J connectivity index is 1.98. The summed E-state index contributed by atoms with van der Waals surface area (Å²) in [5.74, 6) is 0.872. The van der Waals surface area contributed by atoms with Crippen LogP contribution in [0.5, 0.6) is 5.75 Å². The van der Waals surface area contributed by atoms with Crippen molar-refractivity contribution in [2.75, 3.05) is 40.5 Å². The SMILES string of the molecule is COc1ccccc1CC(C)N(C)C(=O)N1CCOCC1. The Kier molecular flexibility index (Phi) is 5.44. The lowest BCUT2D eigenvalue weighted by Gasteiger charge is -2.34. The van der Waals surface area contributed by atoms with E-state index in [4.69, 9.17) is 9.47 Å². The first kappa shape index (κ1) is 15.6. The molecule has 1 fully saturated rings.